The van der Waals surface area contributed by atoms with Gasteiger partial charge in [-0.25, -0.2) is 0 Å². The number of benzene rings is 1. The molecule has 0 amide bonds. The van der Waals surface area contributed by atoms with Crippen molar-refractivity contribution in [3.05, 3.63) is 29.8 Å². The predicted molar refractivity (Wildman–Crippen MR) is 74.9 cm³/mol. The third kappa shape index (κ3) is 5.71. The maximum atomic E-state index is 10.5. The highest BCUT2D eigenvalue weighted by Gasteiger charge is 2.06. The van der Waals surface area contributed by atoms with Crippen molar-refractivity contribution in [1.82, 2.24) is 0 Å². The van der Waals surface area contributed by atoms with Crippen molar-refractivity contribution < 1.29 is 9.90 Å². The fraction of sp³-hybridized carbons (Fsp3) is 0.533. The van der Waals surface area contributed by atoms with Crippen molar-refractivity contribution in [2.75, 3.05) is 5.32 Å². The molecule has 0 fully saturated rings. The van der Waals surface area contributed by atoms with Gasteiger partial charge in [-0.15, -0.1) is 0 Å². The minimum atomic E-state index is -0.710. The highest BCUT2D eigenvalue weighted by Crippen LogP contribution is 2.16. The first-order chi connectivity index (χ1) is 8.47. The summed E-state index contributed by atoms with van der Waals surface area (Å²) >= 11 is 0. The Morgan fingerprint density at radius 2 is 1.83 bits per heavy atom. The van der Waals surface area contributed by atoms with Crippen LogP contribution in [0.4, 0.5) is 5.69 Å². The van der Waals surface area contributed by atoms with Gasteiger partial charge in [-0.1, -0.05) is 19.1 Å². The average molecular weight is 249 g/mol. The molecule has 0 aromatic heterocycles. The van der Waals surface area contributed by atoms with E-state index in [0.717, 1.165) is 18.5 Å². The Morgan fingerprint density at radius 1 is 1.22 bits per heavy atom. The van der Waals surface area contributed by atoms with Crippen LogP contribution in [0.2, 0.25) is 0 Å². The first-order valence-corrected chi connectivity index (χ1v) is 6.54. The van der Waals surface area contributed by atoms with Crippen LogP contribution in [-0.4, -0.2) is 17.1 Å². The molecule has 0 saturated carbocycles. The molecule has 1 aromatic rings. The molecule has 18 heavy (non-hydrogen) atoms. The van der Waals surface area contributed by atoms with Crippen LogP contribution in [0.25, 0.3) is 0 Å². The van der Waals surface area contributed by atoms with E-state index in [1.165, 1.54) is 5.56 Å². The van der Waals surface area contributed by atoms with Gasteiger partial charge in [0.1, 0.15) is 0 Å². The highest BCUT2D eigenvalue weighted by atomic mass is 16.4. The lowest BCUT2D eigenvalue weighted by molar-refractivity contribution is -0.137. The molecule has 2 N–H and O–H groups in total. The maximum absolute atomic E-state index is 10.5. The molecular weight excluding hydrogens is 226 g/mol. The zero-order valence-corrected chi connectivity index (χ0v) is 11.4. The number of carboxylic acid groups (broad SMARTS) is 1. The number of hydrogen-bond donors (Lipinski definition) is 2. The number of carboxylic acids is 1. The van der Waals surface area contributed by atoms with Crippen LogP contribution in [0.1, 0.15) is 39.2 Å². The first kappa shape index (κ1) is 14.6. The van der Waals surface area contributed by atoms with Crippen molar-refractivity contribution in [1.29, 1.82) is 0 Å². The molecule has 0 aliphatic carbocycles. The van der Waals surface area contributed by atoms with Crippen LogP contribution in [-0.2, 0) is 11.2 Å². The second kappa shape index (κ2) is 7.04. The van der Waals surface area contributed by atoms with E-state index in [4.69, 9.17) is 5.11 Å². The SMILES string of the molecule is CC(C)Nc1ccc(C[C@H](C)CCC(=O)O)cc1. The van der Waals surface area contributed by atoms with Crippen LogP contribution >= 0.6 is 0 Å². The molecule has 0 spiro atoms. The molecule has 100 valence electrons. The summed E-state index contributed by atoms with van der Waals surface area (Å²) in [6.45, 7) is 6.33. The van der Waals surface area contributed by atoms with E-state index in [-0.39, 0.29) is 6.42 Å². The highest BCUT2D eigenvalue weighted by molar-refractivity contribution is 5.66. The van der Waals surface area contributed by atoms with Crippen molar-refractivity contribution >= 4 is 11.7 Å². The van der Waals surface area contributed by atoms with Crippen LogP contribution in [0, 0.1) is 5.92 Å². The summed E-state index contributed by atoms with van der Waals surface area (Å²) in [5.74, 6) is -0.302. The molecular formula is C15H23NO2. The van der Waals surface area contributed by atoms with E-state index >= 15 is 0 Å². The predicted octanol–water partition coefficient (Wildman–Crippen LogP) is 3.55. The Kier molecular flexibility index (Phi) is 5.69. The Hall–Kier alpha value is -1.51. The molecule has 1 aromatic carbocycles. The Morgan fingerprint density at radius 3 is 2.33 bits per heavy atom. The van der Waals surface area contributed by atoms with Gasteiger partial charge < -0.3 is 10.4 Å². The van der Waals surface area contributed by atoms with E-state index < -0.39 is 5.97 Å². The van der Waals surface area contributed by atoms with Gasteiger partial charge >= 0.3 is 5.97 Å². The lowest BCUT2D eigenvalue weighted by atomic mass is 9.96. The molecule has 1 atom stereocenters. The smallest absolute Gasteiger partial charge is 0.303 e. The van der Waals surface area contributed by atoms with Crippen LogP contribution in [0.5, 0.6) is 0 Å². The minimum absolute atomic E-state index is 0.258. The third-order valence-electron chi connectivity index (χ3n) is 2.84. The second-order valence-electron chi connectivity index (χ2n) is 5.24. The van der Waals surface area contributed by atoms with Gasteiger partial charge in [0.2, 0.25) is 0 Å². The molecule has 0 heterocycles. The average Bonchev–Trinajstić information content (AvgIpc) is 2.28. The lowest BCUT2D eigenvalue weighted by Gasteiger charge is -2.12. The number of carbonyl (C=O) groups is 1. The molecule has 0 radical (unpaired) electrons. The quantitative estimate of drug-likeness (QED) is 0.777. The molecule has 0 bridgehead atoms. The Labute approximate surface area is 109 Å². The van der Waals surface area contributed by atoms with E-state index in [9.17, 15) is 4.79 Å². The van der Waals surface area contributed by atoms with E-state index in [0.29, 0.717) is 12.0 Å². The second-order valence-corrected chi connectivity index (χ2v) is 5.24. The molecule has 3 heteroatoms. The van der Waals surface area contributed by atoms with Crippen molar-refractivity contribution in [2.24, 2.45) is 5.92 Å². The van der Waals surface area contributed by atoms with E-state index in [1.807, 2.05) is 0 Å². The maximum Gasteiger partial charge on any atom is 0.303 e. The van der Waals surface area contributed by atoms with Crippen LogP contribution in [0.15, 0.2) is 24.3 Å². The molecule has 0 aliphatic heterocycles. The van der Waals surface area contributed by atoms with Gasteiger partial charge in [0.05, 0.1) is 0 Å². The molecule has 3 nitrogen and oxygen atoms in total. The lowest BCUT2D eigenvalue weighted by Crippen LogP contribution is -2.09. The van der Waals surface area contributed by atoms with Crippen molar-refractivity contribution in [3.8, 4) is 0 Å². The fourth-order valence-corrected chi connectivity index (χ4v) is 1.94. The summed E-state index contributed by atoms with van der Waals surface area (Å²) in [5, 5.41) is 12.0. The van der Waals surface area contributed by atoms with E-state index in [2.05, 4.69) is 50.4 Å². The van der Waals surface area contributed by atoms with Crippen molar-refractivity contribution in [3.63, 3.8) is 0 Å². The zero-order chi connectivity index (χ0) is 13.5. The normalized spacial score (nSPS) is 12.4. The van der Waals surface area contributed by atoms with Gasteiger partial charge in [-0.2, -0.15) is 0 Å². The number of nitrogens with one attached hydrogen (secondary N) is 1. The number of anilines is 1. The summed E-state index contributed by atoms with van der Waals surface area (Å²) in [6, 6.07) is 8.83. The number of aliphatic carboxylic acids is 1. The summed E-state index contributed by atoms with van der Waals surface area (Å²) in [7, 11) is 0. The summed E-state index contributed by atoms with van der Waals surface area (Å²) in [6.07, 6.45) is 1.94. The topological polar surface area (TPSA) is 49.3 Å². The fourth-order valence-electron chi connectivity index (χ4n) is 1.94. The van der Waals surface area contributed by atoms with Gasteiger partial charge in [0.25, 0.3) is 0 Å². The molecule has 0 unspecified atom stereocenters. The number of rotatable bonds is 7. The first-order valence-electron chi connectivity index (χ1n) is 6.54. The minimum Gasteiger partial charge on any atom is -0.481 e. The number of hydrogen-bond acceptors (Lipinski definition) is 2. The zero-order valence-electron chi connectivity index (χ0n) is 11.4. The van der Waals surface area contributed by atoms with Gasteiger partial charge in [0.15, 0.2) is 0 Å². The van der Waals surface area contributed by atoms with Gasteiger partial charge in [-0.05, 0) is 50.3 Å². The van der Waals surface area contributed by atoms with E-state index in [1.54, 1.807) is 0 Å². The standard InChI is InChI=1S/C15H23NO2/c1-11(2)16-14-7-5-13(6-8-14)10-12(3)4-9-15(17)18/h5-8,11-12,16H,4,9-10H2,1-3H3,(H,17,18)/t12-/m1/s1. The molecule has 0 saturated heterocycles. The Balaban J connectivity index is 2.45. The van der Waals surface area contributed by atoms with Gasteiger partial charge in [-0.3, -0.25) is 4.79 Å². The van der Waals surface area contributed by atoms with Crippen LogP contribution < -0.4 is 5.32 Å². The summed E-state index contributed by atoms with van der Waals surface area (Å²) in [5.41, 5.74) is 2.40. The molecule has 0 aliphatic rings. The summed E-state index contributed by atoms with van der Waals surface area (Å²) in [4.78, 5) is 10.5. The Bertz CT molecular complexity index is 371. The van der Waals surface area contributed by atoms with Crippen molar-refractivity contribution in [2.45, 2.75) is 46.1 Å². The third-order valence-corrected chi connectivity index (χ3v) is 2.84. The molecule has 1 rings (SSSR count). The summed E-state index contributed by atoms with van der Waals surface area (Å²) < 4.78 is 0. The van der Waals surface area contributed by atoms with Crippen LogP contribution in [0.3, 0.4) is 0 Å². The largest absolute Gasteiger partial charge is 0.481 e. The monoisotopic (exact) mass is 249 g/mol. The van der Waals surface area contributed by atoms with Gasteiger partial charge in [0, 0.05) is 18.2 Å².